The molecule has 0 fully saturated rings. The maximum atomic E-state index is 13.3. The number of hydrogen-bond donors (Lipinski definition) is 1. The van der Waals surface area contributed by atoms with E-state index in [1.807, 2.05) is 12.2 Å². The monoisotopic (exact) mass is 504 g/mol. The summed E-state index contributed by atoms with van der Waals surface area (Å²) >= 11 is 14.7. The summed E-state index contributed by atoms with van der Waals surface area (Å²) < 4.78 is 40.3. The SMILES string of the molecule is C=C/C=C(\C=C/CCl)CCc1ccc(Br)c(O)c1-c1ccc(Cl)c(C(F)(F)F)c1. The Morgan fingerprint density at radius 1 is 1.21 bits per heavy atom. The number of phenolic OH excluding ortho intramolecular Hbond substituents is 1. The van der Waals surface area contributed by atoms with Crippen LogP contribution in [0.5, 0.6) is 5.75 Å². The van der Waals surface area contributed by atoms with E-state index in [0.717, 1.165) is 11.6 Å². The number of aryl methyl sites for hydroxylation is 1. The van der Waals surface area contributed by atoms with Crippen LogP contribution in [0.15, 0.2) is 71.3 Å². The van der Waals surface area contributed by atoms with Crippen LogP contribution in [0.25, 0.3) is 11.1 Å². The predicted molar refractivity (Wildman–Crippen MR) is 118 cm³/mol. The van der Waals surface area contributed by atoms with Crippen molar-refractivity contribution in [1.29, 1.82) is 0 Å². The summed E-state index contributed by atoms with van der Waals surface area (Å²) in [5, 5.41) is 10.2. The largest absolute Gasteiger partial charge is 0.506 e. The fourth-order valence-electron chi connectivity index (χ4n) is 2.88. The van der Waals surface area contributed by atoms with Crippen molar-refractivity contribution in [2.45, 2.75) is 19.0 Å². The Hall–Kier alpha value is -1.69. The first-order chi connectivity index (χ1) is 13.7. The molecular weight excluding hydrogens is 488 g/mol. The zero-order chi connectivity index (χ0) is 21.6. The highest BCUT2D eigenvalue weighted by molar-refractivity contribution is 9.10. The quantitative estimate of drug-likeness (QED) is 0.296. The van der Waals surface area contributed by atoms with E-state index in [2.05, 4.69) is 22.5 Å². The van der Waals surface area contributed by atoms with Crippen LogP contribution in [-0.4, -0.2) is 11.0 Å². The third kappa shape index (κ3) is 6.14. The van der Waals surface area contributed by atoms with Gasteiger partial charge in [0.1, 0.15) is 5.75 Å². The van der Waals surface area contributed by atoms with Gasteiger partial charge in [0.2, 0.25) is 0 Å². The number of hydrogen-bond acceptors (Lipinski definition) is 1. The highest BCUT2D eigenvalue weighted by atomic mass is 79.9. The summed E-state index contributed by atoms with van der Waals surface area (Å²) in [6.45, 7) is 3.69. The highest BCUT2D eigenvalue weighted by Crippen LogP contribution is 2.42. The van der Waals surface area contributed by atoms with Crippen LogP contribution in [0.4, 0.5) is 13.2 Å². The van der Waals surface area contributed by atoms with Gasteiger partial charge in [0.25, 0.3) is 0 Å². The van der Waals surface area contributed by atoms with Gasteiger partial charge >= 0.3 is 6.18 Å². The maximum Gasteiger partial charge on any atom is 0.417 e. The van der Waals surface area contributed by atoms with Crippen molar-refractivity contribution in [3.8, 4) is 16.9 Å². The fraction of sp³-hybridized carbons (Fsp3) is 0.182. The van der Waals surface area contributed by atoms with Crippen molar-refractivity contribution in [2.75, 3.05) is 5.88 Å². The molecule has 1 nitrogen and oxygen atoms in total. The van der Waals surface area contributed by atoms with Crippen LogP contribution in [0.2, 0.25) is 5.02 Å². The summed E-state index contributed by atoms with van der Waals surface area (Å²) in [5.41, 5.74) is 1.29. The minimum Gasteiger partial charge on any atom is -0.506 e. The number of halogens is 6. The van der Waals surface area contributed by atoms with E-state index < -0.39 is 11.7 Å². The molecule has 154 valence electrons. The molecule has 29 heavy (non-hydrogen) atoms. The standard InChI is InChI=1S/C22H18BrCl2F3O/c1-2-4-14(5-3-12-24)6-7-15-8-10-18(23)21(29)20(15)16-9-11-19(25)17(13-16)22(26,27)28/h2-5,8-11,13,29H,1,6-7,12H2/b5-3-,14-4+. The molecule has 0 aliphatic rings. The molecule has 0 atom stereocenters. The second-order valence-corrected chi connectivity index (χ2v) is 7.73. The summed E-state index contributed by atoms with van der Waals surface area (Å²) in [5.74, 6) is 0.243. The normalized spacial score (nSPS) is 12.6. The predicted octanol–water partition coefficient (Wildman–Crippen LogP) is 8.33. The fourth-order valence-corrected chi connectivity index (χ4v) is 3.53. The van der Waals surface area contributed by atoms with Gasteiger partial charge in [-0.3, -0.25) is 0 Å². The molecule has 0 aliphatic heterocycles. The first-order valence-electron chi connectivity index (χ1n) is 8.60. The average Bonchev–Trinajstić information content (AvgIpc) is 2.66. The van der Waals surface area contributed by atoms with E-state index in [4.69, 9.17) is 23.2 Å². The van der Waals surface area contributed by atoms with Crippen LogP contribution in [0.3, 0.4) is 0 Å². The molecule has 2 aromatic rings. The zero-order valence-corrected chi connectivity index (χ0v) is 18.3. The smallest absolute Gasteiger partial charge is 0.417 e. The number of aromatic hydroxyl groups is 1. The van der Waals surface area contributed by atoms with E-state index in [-0.39, 0.29) is 16.3 Å². The van der Waals surface area contributed by atoms with E-state index in [0.29, 0.717) is 34.3 Å². The van der Waals surface area contributed by atoms with Crippen molar-refractivity contribution in [2.24, 2.45) is 0 Å². The number of rotatable bonds is 7. The third-order valence-corrected chi connectivity index (χ3v) is 5.36. The van der Waals surface area contributed by atoms with Crippen LogP contribution in [0, 0.1) is 0 Å². The number of alkyl halides is 4. The molecule has 0 heterocycles. The molecule has 1 N–H and O–H groups in total. The molecule has 0 saturated carbocycles. The van der Waals surface area contributed by atoms with Crippen molar-refractivity contribution >= 4 is 39.1 Å². The van der Waals surface area contributed by atoms with Gasteiger partial charge in [0, 0.05) is 11.4 Å². The van der Waals surface area contributed by atoms with E-state index >= 15 is 0 Å². The van der Waals surface area contributed by atoms with Crippen molar-refractivity contribution < 1.29 is 18.3 Å². The lowest BCUT2D eigenvalue weighted by molar-refractivity contribution is -0.137. The van der Waals surface area contributed by atoms with Gasteiger partial charge in [0.15, 0.2) is 0 Å². The Bertz CT molecular complexity index is 950. The molecule has 0 unspecified atom stereocenters. The van der Waals surface area contributed by atoms with Gasteiger partial charge < -0.3 is 5.11 Å². The molecular formula is C22H18BrCl2F3O. The van der Waals surface area contributed by atoms with E-state index in [1.165, 1.54) is 12.1 Å². The van der Waals surface area contributed by atoms with Gasteiger partial charge in [0.05, 0.1) is 15.1 Å². The Morgan fingerprint density at radius 2 is 1.93 bits per heavy atom. The Balaban J connectivity index is 2.51. The molecule has 0 aromatic heterocycles. The number of phenols is 1. The number of benzene rings is 2. The molecule has 2 aromatic carbocycles. The lowest BCUT2D eigenvalue weighted by Crippen LogP contribution is -2.06. The Morgan fingerprint density at radius 3 is 2.55 bits per heavy atom. The summed E-state index contributed by atoms with van der Waals surface area (Å²) in [6, 6.07) is 7.06. The van der Waals surface area contributed by atoms with Gasteiger partial charge in [-0.1, -0.05) is 54.6 Å². The summed E-state index contributed by atoms with van der Waals surface area (Å²) in [6.07, 6.45) is 3.65. The Kier molecular flexibility index (Phi) is 8.44. The van der Waals surface area contributed by atoms with Gasteiger partial charge in [-0.15, -0.1) is 11.6 Å². The second-order valence-electron chi connectivity index (χ2n) is 6.16. The second kappa shape index (κ2) is 10.4. The number of allylic oxidation sites excluding steroid dienone is 5. The molecule has 0 spiro atoms. The van der Waals surface area contributed by atoms with Crippen molar-refractivity contribution in [1.82, 2.24) is 0 Å². The first kappa shape index (κ1) is 23.6. The molecule has 2 rings (SSSR count). The lowest BCUT2D eigenvalue weighted by Gasteiger charge is -2.16. The van der Waals surface area contributed by atoms with Crippen LogP contribution in [-0.2, 0) is 12.6 Å². The van der Waals surface area contributed by atoms with Gasteiger partial charge in [-0.25, -0.2) is 0 Å². The summed E-state index contributed by atoms with van der Waals surface area (Å²) in [7, 11) is 0. The van der Waals surface area contributed by atoms with Crippen LogP contribution >= 0.6 is 39.1 Å². The zero-order valence-electron chi connectivity index (χ0n) is 15.2. The molecule has 0 saturated heterocycles. The molecule has 0 radical (unpaired) electrons. The van der Waals surface area contributed by atoms with Crippen LogP contribution < -0.4 is 0 Å². The van der Waals surface area contributed by atoms with Crippen molar-refractivity contribution in [3.63, 3.8) is 0 Å². The first-order valence-corrected chi connectivity index (χ1v) is 10.3. The minimum atomic E-state index is -4.60. The molecule has 0 bridgehead atoms. The Labute approximate surface area is 186 Å². The molecule has 7 heteroatoms. The van der Waals surface area contributed by atoms with Gasteiger partial charge in [-0.05, 0) is 63.7 Å². The minimum absolute atomic E-state index is 0.122. The highest BCUT2D eigenvalue weighted by Gasteiger charge is 2.33. The van der Waals surface area contributed by atoms with Crippen molar-refractivity contribution in [3.05, 3.63) is 87.4 Å². The van der Waals surface area contributed by atoms with E-state index in [9.17, 15) is 18.3 Å². The third-order valence-electron chi connectivity index (χ3n) is 4.21. The van der Waals surface area contributed by atoms with E-state index in [1.54, 1.807) is 24.3 Å². The lowest BCUT2D eigenvalue weighted by atomic mass is 9.93. The topological polar surface area (TPSA) is 20.2 Å². The summed E-state index contributed by atoms with van der Waals surface area (Å²) in [4.78, 5) is 0. The molecule has 0 amide bonds. The van der Waals surface area contributed by atoms with Gasteiger partial charge in [-0.2, -0.15) is 13.2 Å². The maximum absolute atomic E-state index is 13.3. The average molecular weight is 506 g/mol. The molecule has 0 aliphatic carbocycles. The van der Waals surface area contributed by atoms with Crippen LogP contribution in [0.1, 0.15) is 17.5 Å².